The van der Waals surface area contributed by atoms with Crippen LogP contribution in [0.1, 0.15) is 38.3 Å². The highest BCUT2D eigenvalue weighted by Crippen LogP contribution is 2.29. The zero-order chi connectivity index (χ0) is 19.7. The standard InChI is InChI=1S/C18H27F3N4O/c1-5-22-17(23-11-10-16(26)24-13(2)3)25(4)12-14-6-8-15(9-7-14)18(19,20)21/h6-9,13H,5,10-12H2,1-4H3,(H,22,23)(H,24,26). The van der Waals surface area contributed by atoms with Gasteiger partial charge in [0.15, 0.2) is 5.96 Å². The zero-order valence-electron chi connectivity index (χ0n) is 15.7. The second kappa shape index (κ2) is 10.0. The van der Waals surface area contributed by atoms with Crippen molar-refractivity contribution < 1.29 is 18.0 Å². The van der Waals surface area contributed by atoms with Crippen LogP contribution in [0.2, 0.25) is 0 Å². The number of nitrogens with zero attached hydrogens (tertiary/aromatic N) is 2. The highest BCUT2D eigenvalue weighted by molar-refractivity contribution is 5.80. The molecule has 0 saturated carbocycles. The van der Waals surface area contributed by atoms with Crippen molar-refractivity contribution in [3.8, 4) is 0 Å². The first kappa shape index (κ1) is 21.8. The SMILES string of the molecule is CCNC(=NCCC(=O)NC(C)C)N(C)Cc1ccc(C(F)(F)F)cc1. The van der Waals surface area contributed by atoms with Gasteiger partial charge in [-0.2, -0.15) is 13.2 Å². The normalized spacial score (nSPS) is 12.2. The van der Waals surface area contributed by atoms with E-state index in [0.717, 1.165) is 17.7 Å². The Labute approximate surface area is 152 Å². The number of amides is 1. The number of alkyl halides is 3. The van der Waals surface area contributed by atoms with E-state index < -0.39 is 11.7 Å². The first-order valence-electron chi connectivity index (χ1n) is 8.58. The molecule has 0 aromatic heterocycles. The Morgan fingerprint density at radius 3 is 2.35 bits per heavy atom. The average Bonchev–Trinajstić information content (AvgIpc) is 2.53. The molecule has 8 heteroatoms. The van der Waals surface area contributed by atoms with Gasteiger partial charge in [0.05, 0.1) is 12.1 Å². The van der Waals surface area contributed by atoms with Gasteiger partial charge in [0, 0.05) is 32.6 Å². The number of carbonyl (C=O) groups is 1. The zero-order valence-corrected chi connectivity index (χ0v) is 15.7. The van der Waals surface area contributed by atoms with Crippen LogP contribution in [-0.2, 0) is 17.5 Å². The van der Waals surface area contributed by atoms with Crippen LogP contribution < -0.4 is 10.6 Å². The lowest BCUT2D eigenvalue weighted by molar-refractivity contribution is -0.137. The third kappa shape index (κ3) is 7.76. The smallest absolute Gasteiger partial charge is 0.357 e. The van der Waals surface area contributed by atoms with Gasteiger partial charge in [-0.25, -0.2) is 0 Å². The Hall–Kier alpha value is -2.25. The lowest BCUT2D eigenvalue weighted by Gasteiger charge is -2.22. The summed E-state index contributed by atoms with van der Waals surface area (Å²) in [6.07, 6.45) is -4.06. The molecule has 0 fully saturated rings. The highest BCUT2D eigenvalue weighted by Gasteiger charge is 2.29. The second-order valence-corrected chi connectivity index (χ2v) is 6.26. The van der Waals surface area contributed by atoms with E-state index in [9.17, 15) is 18.0 Å². The minimum absolute atomic E-state index is 0.0648. The first-order chi connectivity index (χ1) is 12.1. The van der Waals surface area contributed by atoms with E-state index >= 15 is 0 Å². The number of aliphatic imine (C=N–C) groups is 1. The van der Waals surface area contributed by atoms with Crippen molar-refractivity contribution >= 4 is 11.9 Å². The number of hydrogen-bond acceptors (Lipinski definition) is 2. The summed E-state index contributed by atoms with van der Waals surface area (Å²) in [4.78, 5) is 17.9. The van der Waals surface area contributed by atoms with Crippen LogP contribution in [0.3, 0.4) is 0 Å². The predicted molar refractivity (Wildman–Crippen MR) is 96.8 cm³/mol. The van der Waals surface area contributed by atoms with Crippen LogP contribution >= 0.6 is 0 Å². The molecule has 26 heavy (non-hydrogen) atoms. The topological polar surface area (TPSA) is 56.7 Å². The summed E-state index contributed by atoms with van der Waals surface area (Å²) in [5, 5.41) is 5.92. The minimum Gasteiger partial charge on any atom is -0.357 e. The van der Waals surface area contributed by atoms with Crippen LogP contribution in [0.4, 0.5) is 13.2 Å². The fraction of sp³-hybridized carbons (Fsp3) is 0.556. The van der Waals surface area contributed by atoms with Crippen LogP contribution in [-0.4, -0.2) is 42.9 Å². The van der Waals surface area contributed by atoms with Crippen molar-refractivity contribution in [2.24, 2.45) is 4.99 Å². The van der Waals surface area contributed by atoms with E-state index in [0.29, 0.717) is 25.6 Å². The third-order valence-electron chi connectivity index (χ3n) is 3.45. The maximum absolute atomic E-state index is 12.6. The number of benzene rings is 1. The predicted octanol–water partition coefficient (Wildman–Crippen LogP) is 3.02. The highest BCUT2D eigenvalue weighted by atomic mass is 19.4. The molecule has 0 atom stereocenters. The lowest BCUT2D eigenvalue weighted by Crippen LogP contribution is -2.39. The Bertz CT molecular complexity index is 597. The molecule has 0 aliphatic heterocycles. The van der Waals surface area contributed by atoms with Gasteiger partial charge < -0.3 is 15.5 Å². The van der Waals surface area contributed by atoms with E-state index in [1.54, 1.807) is 7.05 Å². The summed E-state index contributed by atoms with van der Waals surface area (Å²) < 4.78 is 37.9. The van der Waals surface area contributed by atoms with Crippen molar-refractivity contribution in [3.63, 3.8) is 0 Å². The summed E-state index contributed by atoms with van der Waals surface area (Å²) in [6, 6.07) is 5.15. The number of hydrogen-bond donors (Lipinski definition) is 2. The molecule has 0 aliphatic carbocycles. The second-order valence-electron chi connectivity index (χ2n) is 6.26. The Morgan fingerprint density at radius 2 is 1.85 bits per heavy atom. The van der Waals surface area contributed by atoms with E-state index in [-0.39, 0.29) is 18.4 Å². The molecular weight excluding hydrogens is 345 g/mol. The molecule has 1 aromatic carbocycles. The van der Waals surface area contributed by atoms with Gasteiger partial charge in [0.25, 0.3) is 0 Å². The summed E-state index contributed by atoms with van der Waals surface area (Å²) in [5.41, 5.74) is 0.0734. The van der Waals surface area contributed by atoms with Gasteiger partial charge >= 0.3 is 6.18 Å². The summed E-state index contributed by atoms with van der Waals surface area (Å²) in [6.45, 7) is 7.09. The number of carbonyl (C=O) groups excluding carboxylic acids is 1. The van der Waals surface area contributed by atoms with E-state index in [2.05, 4.69) is 15.6 Å². The molecule has 2 N–H and O–H groups in total. The van der Waals surface area contributed by atoms with Gasteiger partial charge in [-0.1, -0.05) is 12.1 Å². The van der Waals surface area contributed by atoms with Crippen LogP contribution in [0.15, 0.2) is 29.3 Å². The average molecular weight is 372 g/mol. The van der Waals surface area contributed by atoms with Crippen molar-refractivity contribution in [1.82, 2.24) is 15.5 Å². The minimum atomic E-state index is -4.34. The summed E-state index contributed by atoms with van der Waals surface area (Å²) in [7, 11) is 1.80. The van der Waals surface area contributed by atoms with Gasteiger partial charge in [-0.05, 0) is 38.5 Å². The summed E-state index contributed by atoms with van der Waals surface area (Å²) >= 11 is 0. The van der Waals surface area contributed by atoms with E-state index in [1.165, 1.54) is 12.1 Å². The quantitative estimate of drug-likeness (QED) is 0.571. The lowest BCUT2D eigenvalue weighted by atomic mass is 10.1. The van der Waals surface area contributed by atoms with Gasteiger partial charge in [0.2, 0.25) is 5.91 Å². The molecule has 0 spiro atoms. The molecule has 146 valence electrons. The Morgan fingerprint density at radius 1 is 1.23 bits per heavy atom. The van der Waals surface area contributed by atoms with Crippen molar-refractivity contribution in [2.45, 2.75) is 46.0 Å². The molecular formula is C18H27F3N4O. The van der Waals surface area contributed by atoms with Gasteiger partial charge in [-0.15, -0.1) is 0 Å². The van der Waals surface area contributed by atoms with Crippen LogP contribution in [0, 0.1) is 0 Å². The monoisotopic (exact) mass is 372 g/mol. The fourth-order valence-electron chi connectivity index (χ4n) is 2.28. The molecule has 0 unspecified atom stereocenters. The van der Waals surface area contributed by atoms with Crippen molar-refractivity contribution in [1.29, 1.82) is 0 Å². The maximum atomic E-state index is 12.6. The molecule has 0 aliphatic rings. The summed E-state index contributed by atoms with van der Waals surface area (Å²) in [5.74, 6) is 0.537. The van der Waals surface area contributed by atoms with Gasteiger partial charge in [-0.3, -0.25) is 9.79 Å². The van der Waals surface area contributed by atoms with E-state index in [4.69, 9.17) is 0 Å². The molecule has 1 rings (SSSR count). The molecule has 0 radical (unpaired) electrons. The molecule has 1 amide bonds. The van der Waals surface area contributed by atoms with E-state index in [1.807, 2.05) is 25.7 Å². The maximum Gasteiger partial charge on any atom is 0.416 e. The molecule has 5 nitrogen and oxygen atoms in total. The molecule has 0 saturated heterocycles. The van der Waals surface area contributed by atoms with Crippen molar-refractivity contribution in [2.75, 3.05) is 20.1 Å². The third-order valence-corrected chi connectivity index (χ3v) is 3.45. The number of guanidine groups is 1. The molecule has 0 heterocycles. The Balaban J connectivity index is 2.68. The number of halogens is 3. The fourth-order valence-corrected chi connectivity index (χ4v) is 2.28. The number of rotatable bonds is 7. The van der Waals surface area contributed by atoms with Crippen LogP contribution in [0.5, 0.6) is 0 Å². The molecule has 0 bridgehead atoms. The number of nitrogens with one attached hydrogen (secondary N) is 2. The Kier molecular flexibility index (Phi) is 8.41. The van der Waals surface area contributed by atoms with Gasteiger partial charge in [0.1, 0.15) is 0 Å². The largest absolute Gasteiger partial charge is 0.416 e. The van der Waals surface area contributed by atoms with Crippen molar-refractivity contribution in [3.05, 3.63) is 35.4 Å². The van der Waals surface area contributed by atoms with Crippen LogP contribution in [0.25, 0.3) is 0 Å². The first-order valence-corrected chi connectivity index (χ1v) is 8.58. The molecule has 1 aromatic rings.